The van der Waals surface area contributed by atoms with E-state index in [0.717, 1.165) is 28.7 Å². The average Bonchev–Trinajstić information content (AvgIpc) is 2.60. The van der Waals surface area contributed by atoms with Crippen LogP contribution in [0.25, 0.3) is 5.57 Å². The molecule has 4 saturated carbocycles. The van der Waals surface area contributed by atoms with Gasteiger partial charge in [0.2, 0.25) is 0 Å². The van der Waals surface area contributed by atoms with E-state index in [4.69, 9.17) is 11.6 Å². The molecular weight excluding hydrogens is 328 g/mol. The predicted octanol–water partition coefficient (Wildman–Crippen LogP) is 6.30. The zero-order chi connectivity index (χ0) is 17.0. The summed E-state index contributed by atoms with van der Waals surface area (Å²) >= 11 is 6.14. The number of phenolic OH excluding ortho intramolecular Hbond substituents is 1. The SMILES string of the molecule is Oc1ccc(C(c2ccc(Cl)cc2)=C2C3C[C@H]4C[C@@H](C3)C[C@H]2C4)cc1. The first kappa shape index (κ1) is 15.5. The van der Waals surface area contributed by atoms with Crippen molar-refractivity contribution < 1.29 is 5.11 Å². The summed E-state index contributed by atoms with van der Waals surface area (Å²) in [7, 11) is 0. The summed E-state index contributed by atoms with van der Waals surface area (Å²) in [5.41, 5.74) is 5.56. The Labute approximate surface area is 154 Å². The largest absolute Gasteiger partial charge is 0.508 e. The Hall–Kier alpha value is -1.73. The van der Waals surface area contributed by atoms with Crippen LogP contribution in [0.4, 0.5) is 0 Å². The second kappa shape index (κ2) is 5.92. The lowest BCUT2D eigenvalue weighted by Crippen LogP contribution is -2.40. The Morgan fingerprint density at radius 3 is 1.72 bits per heavy atom. The van der Waals surface area contributed by atoms with Crippen molar-refractivity contribution in [3.05, 3.63) is 70.3 Å². The Morgan fingerprint density at radius 1 is 0.720 bits per heavy atom. The molecule has 0 unspecified atom stereocenters. The molecule has 4 fully saturated rings. The van der Waals surface area contributed by atoms with Crippen molar-refractivity contribution in [2.45, 2.75) is 32.1 Å². The van der Waals surface area contributed by atoms with Gasteiger partial charge in [-0.15, -0.1) is 0 Å². The first-order valence-corrected chi connectivity index (χ1v) is 9.84. The van der Waals surface area contributed by atoms with Crippen LogP contribution in [0.5, 0.6) is 5.75 Å². The van der Waals surface area contributed by atoms with E-state index in [1.807, 2.05) is 24.3 Å². The van der Waals surface area contributed by atoms with E-state index in [1.54, 1.807) is 5.57 Å². The van der Waals surface area contributed by atoms with E-state index in [2.05, 4.69) is 24.3 Å². The van der Waals surface area contributed by atoms with Crippen molar-refractivity contribution in [1.82, 2.24) is 0 Å². The van der Waals surface area contributed by atoms with Gasteiger partial charge in [0.15, 0.2) is 0 Å². The molecule has 4 bridgehead atoms. The minimum Gasteiger partial charge on any atom is -0.508 e. The molecule has 0 aromatic heterocycles. The Balaban J connectivity index is 1.69. The van der Waals surface area contributed by atoms with Gasteiger partial charge in [-0.1, -0.05) is 41.4 Å². The first-order valence-electron chi connectivity index (χ1n) is 9.47. The van der Waals surface area contributed by atoms with Gasteiger partial charge in [0.25, 0.3) is 0 Å². The molecule has 1 nitrogen and oxygen atoms in total. The van der Waals surface area contributed by atoms with Crippen LogP contribution in [0.15, 0.2) is 54.1 Å². The van der Waals surface area contributed by atoms with E-state index in [0.29, 0.717) is 5.75 Å². The van der Waals surface area contributed by atoms with Crippen LogP contribution >= 0.6 is 11.6 Å². The highest BCUT2D eigenvalue weighted by Gasteiger charge is 2.46. The molecule has 4 aliphatic carbocycles. The number of hydrogen-bond donors (Lipinski definition) is 1. The van der Waals surface area contributed by atoms with Gasteiger partial charge in [0.05, 0.1) is 0 Å². The standard InChI is InChI=1S/C23H23ClO/c24-20-5-1-16(2-6-20)22(17-3-7-21(25)8-4-17)23-18-10-14-9-15(12-18)13-19(23)11-14/h1-8,14-15,18-19,25H,9-13H2/t14-,15+,18+,19?. The lowest BCUT2D eigenvalue weighted by Gasteiger charge is -2.52. The first-order chi connectivity index (χ1) is 12.2. The molecule has 2 aromatic rings. The molecule has 6 rings (SSSR count). The van der Waals surface area contributed by atoms with Gasteiger partial charge >= 0.3 is 0 Å². The van der Waals surface area contributed by atoms with Crippen LogP contribution in [0, 0.1) is 23.7 Å². The number of hydrogen-bond acceptors (Lipinski definition) is 1. The molecule has 128 valence electrons. The van der Waals surface area contributed by atoms with Crippen LogP contribution < -0.4 is 0 Å². The molecule has 2 heteroatoms. The zero-order valence-electron chi connectivity index (χ0n) is 14.3. The summed E-state index contributed by atoms with van der Waals surface area (Å²) in [5.74, 6) is 3.73. The number of phenols is 1. The molecule has 0 aliphatic heterocycles. The smallest absolute Gasteiger partial charge is 0.115 e. The van der Waals surface area contributed by atoms with Crippen LogP contribution in [-0.4, -0.2) is 5.11 Å². The maximum atomic E-state index is 9.72. The fraction of sp³-hybridized carbons (Fsp3) is 0.391. The molecule has 0 amide bonds. The maximum Gasteiger partial charge on any atom is 0.115 e. The molecule has 0 spiro atoms. The summed E-state index contributed by atoms with van der Waals surface area (Å²) < 4.78 is 0. The van der Waals surface area contributed by atoms with Gasteiger partial charge < -0.3 is 5.11 Å². The molecule has 25 heavy (non-hydrogen) atoms. The molecule has 0 saturated heterocycles. The number of benzene rings is 2. The van der Waals surface area contributed by atoms with Gasteiger partial charge in [-0.3, -0.25) is 0 Å². The van der Waals surface area contributed by atoms with Crippen LogP contribution in [0.2, 0.25) is 5.02 Å². The number of aromatic hydroxyl groups is 1. The highest BCUT2D eigenvalue weighted by atomic mass is 35.5. The third-order valence-corrected chi connectivity index (χ3v) is 6.85. The molecular formula is C23H23ClO. The minimum absolute atomic E-state index is 0.328. The highest BCUT2D eigenvalue weighted by Crippen LogP contribution is 2.58. The fourth-order valence-corrected chi connectivity index (χ4v) is 5.97. The van der Waals surface area contributed by atoms with Crippen molar-refractivity contribution in [3.63, 3.8) is 0 Å². The summed E-state index contributed by atoms with van der Waals surface area (Å²) in [4.78, 5) is 0. The second-order valence-electron chi connectivity index (χ2n) is 8.19. The van der Waals surface area contributed by atoms with E-state index in [1.165, 1.54) is 48.8 Å². The van der Waals surface area contributed by atoms with E-state index < -0.39 is 0 Å². The van der Waals surface area contributed by atoms with E-state index >= 15 is 0 Å². The fourth-order valence-electron chi connectivity index (χ4n) is 5.84. The molecule has 0 radical (unpaired) electrons. The van der Waals surface area contributed by atoms with Crippen molar-refractivity contribution in [1.29, 1.82) is 0 Å². The second-order valence-corrected chi connectivity index (χ2v) is 8.62. The summed E-state index contributed by atoms with van der Waals surface area (Å²) in [6.45, 7) is 0. The Morgan fingerprint density at radius 2 is 1.20 bits per heavy atom. The van der Waals surface area contributed by atoms with Gasteiger partial charge in [0, 0.05) is 5.02 Å². The predicted molar refractivity (Wildman–Crippen MR) is 103 cm³/mol. The van der Waals surface area contributed by atoms with Crippen LogP contribution in [0.1, 0.15) is 43.2 Å². The molecule has 4 aliphatic rings. The summed E-state index contributed by atoms with van der Waals surface area (Å²) in [5, 5.41) is 10.5. The third-order valence-electron chi connectivity index (χ3n) is 6.60. The van der Waals surface area contributed by atoms with E-state index in [9.17, 15) is 5.11 Å². The van der Waals surface area contributed by atoms with Crippen molar-refractivity contribution in [2.75, 3.05) is 0 Å². The van der Waals surface area contributed by atoms with E-state index in [-0.39, 0.29) is 0 Å². The Kier molecular flexibility index (Phi) is 3.67. The normalized spacial score (nSPS) is 29.9. The van der Waals surface area contributed by atoms with Gasteiger partial charge in [-0.2, -0.15) is 0 Å². The average molecular weight is 351 g/mol. The topological polar surface area (TPSA) is 20.2 Å². The maximum absolute atomic E-state index is 9.72. The van der Waals surface area contributed by atoms with Crippen LogP contribution in [0.3, 0.4) is 0 Å². The molecule has 1 N–H and O–H groups in total. The van der Waals surface area contributed by atoms with Crippen molar-refractivity contribution in [3.8, 4) is 5.75 Å². The third kappa shape index (κ3) is 2.69. The van der Waals surface area contributed by atoms with Gasteiger partial charge in [0.1, 0.15) is 5.75 Å². The van der Waals surface area contributed by atoms with Gasteiger partial charge in [-0.25, -0.2) is 0 Å². The number of rotatable bonds is 2. The highest BCUT2D eigenvalue weighted by molar-refractivity contribution is 6.30. The monoisotopic (exact) mass is 350 g/mol. The summed E-state index contributed by atoms with van der Waals surface area (Å²) in [6, 6.07) is 16.0. The number of halogens is 1. The number of allylic oxidation sites excluding steroid dienone is 1. The van der Waals surface area contributed by atoms with Crippen LogP contribution in [-0.2, 0) is 0 Å². The zero-order valence-corrected chi connectivity index (χ0v) is 15.0. The molecule has 0 heterocycles. The minimum atomic E-state index is 0.328. The lowest BCUT2D eigenvalue weighted by atomic mass is 9.53. The lowest BCUT2D eigenvalue weighted by molar-refractivity contribution is 0.0705. The van der Waals surface area contributed by atoms with Crippen molar-refractivity contribution in [2.24, 2.45) is 23.7 Å². The van der Waals surface area contributed by atoms with Gasteiger partial charge in [-0.05, 0) is 96.7 Å². The quantitative estimate of drug-likeness (QED) is 0.673. The molecule has 0 atom stereocenters. The Bertz CT molecular complexity index is 739. The van der Waals surface area contributed by atoms with Crippen molar-refractivity contribution >= 4 is 17.2 Å². The molecule has 2 aromatic carbocycles. The summed E-state index contributed by atoms with van der Waals surface area (Å²) in [6.07, 6.45) is 6.96.